The smallest absolute Gasteiger partial charge is 0.254 e. The molecule has 1 unspecified atom stereocenters. The topological polar surface area (TPSA) is 37.4 Å². The molecule has 3 heteroatoms. The summed E-state index contributed by atoms with van der Waals surface area (Å²) in [5.41, 5.74) is 0.739. The second-order valence-corrected chi connectivity index (χ2v) is 5.73. The number of nitrogens with zero attached hydrogens (tertiary/aromatic N) is 1. The Kier molecular flexibility index (Phi) is 3.74. The molecule has 108 valence electrons. The van der Waals surface area contributed by atoms with Gasteiger partial charge in [-0.2, -0.15) is 0 Å². The summed E-state index contributed by atoms with van der Waals surface area (Å²) in [5.74, 6) is 0.202. The lowest BCUT2D eigenvalue weighted by atomic mass is 10.0. The van der Waals surface area contributed by atoms with E-state index in [9.17, 15) is 9.59 Å². The maximum absolute atomic E-state index is 12.9. The normalized spacial score (nSPS) is 18.1. The Labute approximate surface area is 124 Å². The van der Waals surface area contributed by atoms with Crippen molar-refractivity contribution in [3.05, 3.63) is 48.0 Å². The minimum atomic E-state index is 0.0514. The van der Waals surface area contributed by atoms with Crippen LogP contribution < -0.4 is 0 Å². The van der Waals surface area contributed by atoms with Crippen molar-refractivity contribution in [2.24, 2.45) is 0 Å². The molecule has 1 amide bonds. The molecule has 2 aromatic rings. The molecule has 1 saturated heterocycles. The largest absolute Gasteiger partial charge is 0.335 e. The molecular formula is C18H19NO2. The van der Waals surface area contributed by atoms with Gasteiger partial charge in [-0.1, -0.05) is 36.4 Å². The number of benzene rings is 2. The zero-order chi connectivity index (χ0) is 14.8. The van der Waals surface area contributed by atoms with E-state index >= 15 is 0 Å². The third-order valence-electron chi connectivity index (χ3n) is 4.18. The van der Waals surface area contributed by atoms with Crippen LogP contribution in [0.5, 0.6) is 0 Å². The van der Waals surface area contributed by atoms with Gasteiger partial charge in [-0.3, -0.25) is 9.59 Å². The van der Waals surface area contributed by atoms with Gasteiger partial charge in [0.1, 0.15) is 5.78 Å². The lowest BCUT2D eigenvalue weighted by Gasteiger charge is -2.24. The molecular weight excluding hydrogens is 262 g/mol. The molecule has 0 saturated carbocycles. The standard InChI is InChI=1S/C18H19NO2/c1-13(20)12-15-8-5-11-19(15)18(21)17-10-4-7-14-6-2-3-9-16(14)17/h2-4,6-7,9-10,15H,5,8,11-12H2,1H3. The van der Waals surface area contributed by atoms with Gasteiger partial charge in [0.15, 0.2) is 0 Å². The van der Waals surface area contributed by atoms with Gasteiger partial charge in [0, 0.05) is 24.6 Å². The van der Waals surface area contributed by atoms with Gasteiger partial charge in [0.2, 0.25) is 0 Å². The van der Waals surface area contributed by atoms with Crippen molar-refractivity contribution in [1.29, 1.82) is 0 Å². The van der Waals surface area contributed by atoms with Crippen LogP contribution in [0.1, 0.15) is 36.5 Å². The van der Waals surface area contributed by atoms with E-state index in [1.807, 2.05) is 47.4 Å². The first kappa shape index (κ1) is 13.8. The number of carbonyl (C=O) groups is 2. The molecule has 1 atom stereocenters. The number of likely N-dealkylation sites (tertiary alicyclic amines) is 1. The quantitative estimate of drug-likeness (QED) is 0.864. The van der Waals surface area contributed by atoms with Crippen molar-refractivity contribution < 1.29 is 9.59 Å². The van der Waals surface area contributed by atoms with Crippen LogP contribution in [0.3, 0.4) is 0 Å². The number of fused-ring (bicyclic) bond motifs is 1. The number of Topliss-reactive ketones (excluding diaryl/α,β-unsaturated/α-hetero) is 1. The second-order valence-electron chi connectivity index (χ2n) is 5.73. The summed E-state index contributed by atoms with van der Waals surface area (Å²) >= 11 is 0. The summed E-state index contributed by atoms with van der Waals surface area (Å²) in [5, 5.41) is 2.06. The minimum Gasteiger partial charge on any atom is -0.335 e. The third kappa shape index (κ3) is 2.68. The van der Waals surface area contributed by atoms with Crippen LogP contribution in [-0.2, 0) is 4.79 Å². The number of ketones is 1. The Balaban J connectivity index is 1.95. The lowest BCUT2D eigenvalue weighted by molar-refractivity contribution is -0.117. The van der Waals surface area contributed by atoms with E-state index in [0.717, 1.165) is 35.7 Å². The Bertz CT molecular complexity index is 687. The molecule has 0 spiro atoms. The zero-order valence-corrected chi connectivity index (χ0v) is 12.2. The highest BCUT2D eigenvalue weighted by molar-refractivity contribution is 6.07. The van der Waals surface area contributed by atoms with Crippen LogP contribution in [0.2, 0.25) is 0 Å². The summed E-state index contributed by atoms with van der Waals surface area (Å²) in [7, 11) is 0. The van der Waals surface area contributed by atoms with E-state index in [2.05, 4.69) is 0 Å². The molecule has 2 aromatic carbocycles. The van der Waals surface area contributed by atoms with Gasteiger partial charge >= 0.3 is 0 Å². The molecule has 21 heavy (non-hydrogen) atoms. The van der Waals surface area contributed by atoms with Crippen molar-refractivity contribution in [1.82, 2.24) is 4.90 Å². The number of amides is 1. The molecule has 0 radical (unpaired) electrons. The first-order valence-corrected chi connectivity index (χ1v) is 7.45. The first-order chi connectivity index (χ1) is 10.2. The lowest BCUT2D eigenvalue weighted by Crippen LogP contribution is -2.36. The van der Waals surface area contributed by atoms with Crippen LogP contribution in [0.25, 0.3) is 10.8 Å². The predicted octanol–water partition coefficient (Wildman–Crippen LogP) is 3.42. The van der Waals surface area contributed by atoms with Gasteiger partial charge in [-0.25, -0.2) is 0 Å². The molecule has 0 aliphatic carbocycles. The summed E-state index contributed by atoms with van der Waals surface area (Å²) in [6.07, 6.45) is 2.38. The van der Waals surface area contributed by atoms with E-state index in [1.165, 1.54) is 0 Å². The van der Waals surface area contributed by atoms with Gasteiger partial charge in [0.05, 0.1) is 0 Å². The summed E-state index contributed by atoms with van der Waals surface area (Å²) in [6, 6.07) is 13.8. The predicted molar refractivity (Wildman–Crippen MR) is 83.3 cm³/mol. The molecule has 1 fully saturated rings. The Morgan fingerprint density at radius 3 is 2.71 bits per heavy atom. The van der Waals surface area contributed by atoms with E-state index in [0.29, 0.717) is 6.42 Å². The van der Waals surface area contributed by atoms with Crippen molar-refractivity contribution in [3.8, 4) is 0 Å². The van der Waals surface area contributed by atoms with Crippen LogP contribution in [0.15, 0.2) is 42.5 Å². The molecule has 0 bridgehead atoms. The third-order valence-corrected chi connectivity index (χ3v) is 4.18. The van der Waals surface area contributed by atoms with Gasteiger partial charge < -0.3 is 4.90 Å². The fraction of sp³-hybridized carbons (Fsp3) is 0.333. The summed E-state index contributed by atoms with van der Waals surface area (Å²) in [4.78, 5) is 26.1. The number of hydrogen-bond acceptors (Lipinski definition) is 2. The number of hydrogen-bond donors (Lipinski definition) is 0. The molecule has 1 aliphatic rings. The Morgan fingerprint density at radius 1 is 1.14 bits per heavy atom. The fourth-order valence-electron chi connectivity index (χ4n) is 3.21. The summed E-state index contributed by atoms with van der Waals surface area (Å²) < 4.78 is 0. The fourth-order valence-corrected chi connectivity index (χ4v) is 3.21. The van der Waals surface area contributed by atoms with E-state index in [4.69, 9.17) is 0 Å². The highest BCUT2D eigenvalue weighted by atomic mass is 16.2. The molecule has 0 N–H and O–H groups in total. The number of rotatable bonds is 3. The van der Waals surface area contributed by atoms with Crippen LogP contribution in [-0.4, -0.2) is 29.2 Å². The van der Waals surface area contributed by atoms with Crippen LogP contribution in [0.4, 0.5) is 0 Å². The highest BCUT2D eigenvalue weighted by Crippen LogP contribution is 2.26. The SMILES string of the molecule is CC(=O)CC1CCCN1C(=O)c1cccc2ccccc12. The average Bonchev–Trinajstić information content (AvgIpc) is 2.93. The van der Waals surface area contributed by atoms with Gasteiger partial charge in [-0.05, 0) is 36.6 Å². The molecule has 3 nitrogen and oxygen atoms in total. The van der Waals surface area contributed by atoms with E-state index in [1.54, 1.807) is 6.92 Å². The van der Waals surface area contributed by atoms with E-state index in [-0.39, 0.29) is 17.7 Å². The van der Waals surface area contributed by atoms with Crippen LogP contribution >= 0.6 is 0 Å². The molecule has 0 aromatic heterocycles. The maximum atomic E-state index is 12.9. The van der Waals surface area contributed by atoms with Gasteiger partial charge in [0.25, 0.3) is 5.91 Å². The Morgan fingerprint density at radius 2 is 1.90 bits per heavy atom. The van der Waals surface area contributed by atoms with E-state index < -0.39 is 0 Å². The maximum Gasteiger partial charge on any atom is 0.254 e. The minimum absolute atomic E-state index is 0.0514. The molecule has 1 heterocycles. The molecule has 3 rings (SSSR count). The number of carbonyl (C=O) groups excluding carboxylic acids is 2. The highest BCUT2D eigenvalue weighted by Gasteiger charge is 2.30. The van der Waals surface area contributed by atoms with Gasteiger partial charge in [-0.15, -0.1) is 0 Å². The second kappa shape index (κ2) is 5.68. The zero-order valence-electron chi connectivity index (χ0n) is 12.2. The Hall–Kier alpha value is -2.16. The van der Waals surface area contributed by atoms with Crippen molar-refractivity contribution in [2.75, 3.05) is 6.54 Å². The summed E-state index contributed by atoms with van der Waals surface area (Å²) in [6.45, 7) is 2.35. The monoisotopic (exact) mass is 281 g/mol. The van der Waals surface area contributed by atoms with Crippen LogP contribution in [0, 0.1) is 0 Å². The van der Waals surface area contributed by atoms with Crippen molar-refractivity contribution in [3.63, 3.8) is 0 Å². The van der Waals surface area contributed by atoms with Crippen molar-refractivity contribution in [2.45, 2.75) is 32.2 Å². The molecule has 1 aliphatic heterocycles. The average molecular weight is 281 g/mol. The first-order valence-electron chi connectivity index (χ1n) is 7.45. The van der Waals surface area contributed by atoms with Crippen molar-refractivity contribution >= 4 is 22.5 Å².